The Labute approximate surface area is 37.1 Å². The molecule has 3 heteroatoms. The number of rotatable bonds is 2. The highest BCUT2D eigenvalue weighted by molar-refractivity contribution is 4.57. The summed E-state index contributed by atoms with van der Waals surface area (Å²) in [5, 5.41) is 9.53. The summed E-state index contributed by atoms with van der Waals surface area (Å²) >= 11 is 0. The SMILES string of the molecule is CC(CN)N[O-]. The predicted molar refractivity (Wildman–Crippen MR) is 25.0 cm³/mol. The molecule has 0 saturated carbocycles. The largest absolute Gasteiger partial charge is 0.788 e. The van der Waals surface area contributed by atoms with E-state index in [4.69, 9.17) is 5.73 Å². The van der Waals surface area contributed by atoms with E-state index in [0.29, 0.717) is 6.54 Å². The molecule has 0 rings (SSSR count). The second-order valence-electron chi connectivity index (χ2n) is 1.25. The third-order valence-electron chi connectivity index (χ3n) is 0.555. The van der Waals surface area contributed by atoms with Crippen LogP contribution in [0.5, 0.6) is 0 Å². The van der Waals surface area contributed by atoms with Crippen molar-refractivity contribution in [3.63, 3.8) is 0 Å². The van der Waals surface area contributed by atoms with Gasteiger partial charge in [-0.1, -0.05) is 0 Å². The first-order chi connectivity index (χ1) is 2.81. The van der Waals surface area contributed by atoms with Gasteiger partial charge in [-0.15, -0.1) is 0 Å². The lowest BCUT2D eigenvalue weighted by Gasteiger charge is -2.13. The maximum atomic E-state index is 9.53. The molecule has 1 unspecified atom stereocenters. The summed E-state index contributed by atoms with van der Waals surface area (Å²) in [6.45, 7) is 2.14. The minimum Gasteiger partial charge on any atom is -0.788 e. The Morgan fingerprint density at radius 1 is 2.00 bits per heavy atom. The summed E-state index contributed by atoms with van der Waals surface area (Å²) in [5.74, 6) is 0. The van der Waals surface area contributed by atoms with Crippen molar-refractivity contribution in [3.05, 3.63) is 5.21 Å². The van der Waals surface area contributed by atoms with Gasteiger partial charge in [-0.3, -0.25) is 0 Å². The molecule has 0 saturated heterocycles. The van der Waals surface area contributed by atoms with E-state index in [1.807, 2.05) is 0 Å². The standard InChI is InChI=1S/C3H9N2O/c1-3(2-4)5-6/h3,5H,2,4H2,1H3/q-1. The molecule has 0 aliphatic carbocycles. The van der Waals surface area contributed by atoms with Crippen molar-refractivity contribution in [2.24, 2.45) is 5.73 Å². The molecule has 0 bridgehead atoms. The van der Waals surface area contributed by atoms with Gasteiger partial charge in [0.25, 0.3) is 0 Å². The highest BCUT2D eigenvalue weighted by Crippen LogP contribution is 1.68. The van der Waals surface area contributed by atoms with Crippen LogP contribution in [-0.4, -0.2) is 12.6 Å². The van der Waals surface area contributed by atoms with E-state index in [-0.39, 0.29) is 6.04 Å². The summed E-state index contributed by atoms with van der Waals surface area (Å²) in [6.07, 6.45) is 0. The van der Waals surface area contributed by atoms with Crippen molar-refractivity contribution in [2.45, 2.75) is 13.0 Å². The summed E-state index contributed by atoms with van der Waals surface area (Å²) < 4.78 is 0. The zero-order valence-electron chi connectivity index (χ0n) is 3.77. The van der Waals surface area contributed by atoms with Crippen molar-refractivity contribution in [1.29, 1.82) is 0 Å². The first kappa shape index (κ1) is 5.88. The van der Waals surface area contributed by atoms with Gasteiger partial charge in [0, 0.05) is 12.6 Å². The molecule has 0 fully saturated rings. The van der Waals surface area contributed by atoms with Crippen LogP contribution >= 0.6 is 0 Å². The lowest BCUT2D eigenvalue weighted by molar-refractivity contribution is 0.651. The first-order valence-corrected chi connectivity index (χ1v) is 1.89. The molecule has 0 aromatic carbocycles. The molecule has 1 atom stereocenters. The molecule has 0 heterocycles. The highest BCUT2D eigenvalue weighted by Gasteiger charge is 1.82. The number of hydrogen-bond acceptors (Lipinski definition) is 3. The third-order valence-corrected chi connectivity index (χ3v) is 0.555. The highest BCUT2D eigenvalue weighted by atomic mass is 16.5. The Balaban J connectivity index is 2.75. The molecular weight excluding hydrogens is 80.0 g/mol. The summed E-state index contributed by atoms with van der Waals surface area (Å²) in [7, 11) is 0. The molecule has 0 radical (unpaired) electrons. The van der Waals surface area contributed by atoms with Gasteiger partial charge in [-0.25, -0.2) is 0 Å². The minimum absolute atomic E-state index is 0.0926. The maximum Gasteiger partial charge on any atom is 0.00657 e. The number of nitrogens with two attached hydrogens (primary N) is 1. The summed E-state index contributed by atoms with van der Waals surface area (Å²) in [4.78, 5) is 0. The Kier molecular flexibility index (Phi) is 3.02. The van der Waals surface area contributed by atoms with Crippen LogP contribution in [0.3, 0.4) is 0 Å². The zero-order chi connectivity index (χ0) is 4.99. The number of hydrogen-bond donors (Lipinski definition) is 2. The molecule has 0 aromatic heterocycles. The van der Waals surface area contributed by atoms with Crippen LogP contribution in [0.25, 0.3) is 0 Å². The fourth-order valence-electron chi connectivity index (χ4n) is 0.0481. The fourth-order valence-corrected chi connectivity index (χ4v) is 0.0481. The average Bonchev–Trinajstić information content (AvgIpc) is 1.65. The van der Waals surface area contributed by atoms with Gasteiger partial charge < -0.3 is 16.4 Å². The van der Waals surface area contributed by atoms with Crippen molar-refractivity contribution in [2.75, 3.05) is 6.54 Å². The molecule has 0 spiro atoms. The molecule has 3 N–H and O–H groups in total. The van der Waals surface area contributed by atoms with Crippen LogP contribution < -0.4 is 11.2 Å². The van der Waals surface area contributed by atoms with Gasteiger partial charge in [-0.2, -0.15) is 0 Å². The predicted octanol–water partition coefficient (Wildman–Crippen LogP) is -0.579. The molecule has 6 heavy (non-hydrogen) atoms. The van der Waals surface area contributed by atoms with E-state index >= 15 is 0 Å². The van der Waals surface area contributed by atoms with Crippen molar-refractivity contribution in [1.82, 2.24) is 5.48 Å². The van der Waals surface area contributed by atoms with Gasteiger partial charge in [-0.05, 0) is 6.92 Å². The lowest BCUT2D eigenvalue weighted by Crippen LogP contribution is -2.28. The molecule has 0 amide bonds. The summed E-state index contributed by atoms with van der Waals surface area (Å²) in [5.41, 5.74) is 6.76. The van der Waals surface area contributed by atoms with Gasteiger partial charge in [0.1, 0.15) is 0 Å². The Bertz CT molecular complexity index is 28.0. The molecule has 38 valence electrons. The fraction of sp³-hybridized carbons (Fsp3) is 1.00. The van der Waals surface area contributed by atoms with Crippen molar-refractivity contribution in [3.8, 4) is 0 Å². The van der Waals surface area contributed by atoms with Crippen molar-refractivity contribution >= 4 is 0 Å². The van der Waals surface area contributed by atoms with Gasteiger partial charge in [0.15, 0.2) is 0 Å². The third kappa shape index (κ3) is 2.14. The molecule has 3 nitrogen and oxygen atoms in total. The molecule has 0 aromatic rings. The second kappa shape index (κ2) is 3.08. The van der Waals surface area contributed by atoms with E-state index in [1.54, 1.807) is 12.4 Å². The molecule has 0 aliphatic heterocycles. The Morgan fingerprint density at radius 3 is 2.50 bits per heavy atom. The van der Waals surface area contributed by atoms with Crippen LogP contribution in [0.4, 0.5) is 0 Å². The van der Waals surface area contributed by atoms with Crippen LogP contribution in [0, 0.1) is 5.21 Å². The van der Waals surface area contributed by atoms with Crippen LogP contribution in [0.15, 0.2) is 0 Å². The van der Waals surface area contributed by atoms with E-state index < -0.39 is 0 Å². The van der Waals surface area contributed by atoms with Crippen LogP contribution in [0.1, 0.15) is 6.92 Å². The number of hydroxylamine groups is 1. The Hall–Kier alpha value is -0.120. The molecular formula is C3H9N2O-. The monoisotopic (exact) mass is 89.1 g/mol. The van der Waals surface area contributed by atoms with E-state index in [0.717, 1.165) is 0 Å². The van der Waals surface area contributed by atoms with E-state index in [2.05, 4.69) is 0 Å². The summed E-state index contributed by atoms with van der Waals surface area (Å²) in [6, 6.07) is -0.0926. The van der Waals surface area contributed by atoms with Gasteiger partial charge in [0.2, 0.25) is 0 Å². The maximum absolute atomic E-state index is 9.53. The topological polar surface area (TPSA) is 61.1 Å². The quantitative estimate of drug-likeness (QED) is 0.445. The normalized spacial score (nSPS) is 14.5. The van der Waals surface area contributed by atoms with Gasteiger partial charge >= 0.3 is 0 Å². The van der Waals surface area contributed by atoms with Crippen molar-refractivity contribution < 1.29 is 0 Å². The van der Waals surface area contributed by atoms with Gasteiger partial charge in [0.05, 0.1) is 0 Å². The second-order valence-corrected chi connectivity index (χ2v) is 1.25. The van der Waals surface area contributed by atoms with E-state index in [9.17, 15) is 5.21 Å². The van der Waals surface area contributed by atoms with Crippen LogP contribution in [-0.2, 0) is 0 Å². The first-order valence-electron chi connectivity index (χ1n) is 1.89. The average molecular weight is 89.1 g/mol. The van der Waals surface area contributed by atoms with E-state index in [1.165, 1.54) is 0 Å². The minimum atomic E-state index is -0.0926. The smallest absolute Gasteiger partial charge is 0.00657 e. The zero-order valence-corrected chi connectivity index (χ0v) is 3.77. The van der Waals surface area contributed by atoms with Crippen LogP contribution in [0.2, 0.25) is 0 Å². The number of nitrogens with one attached hydrogen (secondary N) is 1. The molecule has 0 aliphatic rings. The lowest BCUT2D eigenvalue weighted by atomic mass is 10.4. The Morgan fingerprint density at radius 2 is 2.50 bits per heavy atom.